The van der Waals surface area contributed by atoms with Gasteiger partial charge in [-0.15, -0.1) is 24.8 Å². The molecular formula is C18H27Cl2N5O2. The lowest BCUT2D eigenvalue weighted by atomic mass is 10.1. The minimum absolute atomic E-state index is 0. The van der Waals surface area contributed by atoms with E-state index in [1.54, 1.807) is 0 Å². The largest absolute Gasteiger partial charge is 0.391 e. The van der Waals surface area contributed by atoms with Crippen molar-refractivity contribution in [2.45, 2.75) is 31.4 Å². The highest BCUT2D eigenvalue weighted by Gasteiger charge is 2.24. The summed E-state index contributed by atoms with van der Waals surface area (Å²) in [5, 5.41) is 16.2. The lowest BCUT2D eigenvalue weighted by Crippen LogP contribution is -2.42. The van der Waals surface area contributed by atoms with Crippen LogP contribution in [-0.2, 0) is 7.05 Å². The number of hydrogen-bond donors (Lipinski definition) is 3. The number of aryl methyl sites for hydroxylation is 1. The molecule has 3 heterocycles. The third-order valence-corrected chi connectivity index (χ3v) is 5.24. The first-order valence-electron chi connectivity index (χ1n) is 9.03. The molecule has 1 atom stereocenters. The molecule has 1 aromatic heterocycles. The molecule has 2 aliphatic rings. The molecule has 150 valence electrons. The van der Waals surface area contributed by atoms with Crippen molar-refractivity contribution < 1.29 is 9.90 Å². The molecule has 3 N–H and O–H groups in total. The summed E-state index contributed by atoms with van der Waals surface area (Å²) in [6.45, 7) is 3.33. The van der Waals surface area contributed by atoms with Crippen LogP contribution in [0, 0.1) is 0 Å². The topological polar surface area (TPSA) is 82.4 Å². The molecule has 2 aromatic rings. The van der Waals surface area contributed by atoms with Gasteiger partial charge >= 0.3 is 0 Å². The molecule has 4 rings (SSSR count). The van der Waals surface area contributed by atoms with Gasteiger partial charge in [0.15, 0.2) is 0 Å². The average molecular weight is 416 g/mol. The number of β-amino-alcohol motifs (C(OH)–C–C–N with tert-alkyl or cyclic N) is 1. The van der Waals surface area contributed by atoms with Crippen LogP contribution in [-0.4, -0.2) is 58.9 Å². The predicted molar refractivity (Wildman–Crippen MR) is 111 cm³/mol. The van der Waals surface area contributed by atoms with Gasteiger partial charge in [-0.25, -0.2) is 4.98 Å². The van der Waals surface area contributed by atoms with Gasteiger partial charge in [0.25, 0.3) is 5.91 Å². The second-order valence-corrected chi connectivity index (χ2v) is 7.06. The molecule has 1 amide bonds. The smallest absolute Gasteiger partial charge is 0.251 e. The Bertz CT molecular complexity index is 791. The predicted octanol–water partition coefficient (Wildman–Crippen LogP) is 1.47. The molecule has 0 bridgehead atoms. The summed E-state index contributed by atoms with van der Waals surface area (Å²) in [5.41, 5.74) is 2.46. The molecule has 7 nitrogen and oxygen atoms in total. The second kappa shape index (κ2) is 9.10. The summed E-state index contributed by atoms with van der Waals surface area (Å²) >= 11 is 0. The van der Waals surface area contributed by atoms with Gasteiger partial charge in [-0.2, -0.15) is 0 Å². The van der Waals surface area contributed by atoms with Crippen LogP contribution in [0.15, 0.2) is 18.2 Å². The summed E-state index contributed by atoms with van der Waals surface area (Å²) in [5.74, 6) is 0.820. The average Bonchev–Trinajstić information content (AvgIpc) is 3.19. The Morgan fingerprint density at radius 3 is 2.67 bits per heavy atom. The van der Waals surface area contributed by atoms with Crippen molar-refractivity contribution in [2.75, 3.05) is 31.1 Å². The van der Waals surface area contributed by atoms with Crippen LogP contribution in [0.3, 0.4) is 0 Å². The van der Waals surface area contributed by atoms with E-state index in [9.17, 15) is 9.90 Å². The molecule has 27 heavy (non-hydrogen) atoms. The van der Waals surface area contributed by atoms with Crippen molar-refractivity contribution in [1.29, 1.82) is 0 Å². The van der Waals surface area contributed by atoms with Crippen LogP contribution in [0.5, 0.6) is 0 Å². The molecule has 2 aliphatic heterocycles. The van der Waals surface area contributed by atoms with Crippen LogP contribution in [0.25, 0.3) is 11.0 Å². The highest BCUT2D eigenvalue weighted by atomic mass is 35.5. The number of halogens is 2. The Hall–Kier alpha value is -1.54. The van der Waals surface area contributed by atoms with Crippen LogP contribution in [0.2, 0.25) is 0 Å². The highest BCUT2D eigenvalue weighted by Crippen LogP contribution is 2.25. The Labute approximate surface area is 171 Å². The number of benzene rings is 1. The van der Waals surface area contributed by atoms with Gasteiger partial charge in [-0.05, 0) is 50.6 Å². The highest BCUT2D eigenvalue weighted by molar-refractivity contribution is 5.98. The number of carbonyl (C=O) groups is 1. The molecule has 0 saturated carbocycles. The quantitative estimate of drug-likeness (QED) is 0.706. The number of amides is 1. The van der Waals surface area contributed by atoms with Gasteiger partial charge in [-0.3, -0.25) is 4.79 Å². The number of aromatic nitrogens is 2. The van der Waals surface area contributed by atoms with Gasteiger partial charge in [-0.1, -0.05) is 0 Å². The standard InChI is InChI=1S/C18H25N5O2.2ClH/c1-22-16-3-2-12(17(25)20-13-4-7-19-8-5-13)10-15(16)21-18(22)23-9-6-14(24)11-23;;/h2-3,10,13-14,19,24H,4-9,11H2,1H3,(H,20,25);2*1H/t14-;;/m0../s1. The summed E-state index contributed by atoms with van der Waals surface area (Å²) in [6.07, 6.45) is 2.43. The maximum atomic E-state index is 12.5. The zero-order valence-electron chi connectivity index (χ0n) is 15.4. The number of rotatable bonds is 3. The van der Waals surface area contributed by atoms with E-state index >= 15 is 0 Å². The van der Waals surface area contributed by atoms with Crippen LogP contribution in [0.1, 0.15) is 29.6 Å². The minimum Gasteiger partial charge on any atom is -0.391 e. The Kier molecular flexibility index (Phi) is 7.33. The monoisotopic (exact) mass is 415 g/mol. The lowest BCUT2D eigenvalue weighted by molar-refractivity contribution is 0.0929. The number of imidazole rings is 1. The number of hydrogen-bond acceptors (Lipinski definition) is 5. The van der Waals surface area contributed by atoms with E-state index in [-0.39, 0.29) is 42.9 Å². The van der Waals surface area contributed by atoms with Crippen LogP contribution < -0.4 is 15.5 Å². The van der Waals surface area contributed by atoms with Crippen molar-refractivity contribution in [1.82, 2.24) is 20.2 Å². The van der Waals surface area contributed by atoms with Crippen molar-refractivity contribution in [3.63, 3.8) is 0 Å². The van der Waals surface area contributed by atoms with Crippen molar-refractivity contribution >= 4 is 47.7 Å². The SMILES string of the molecule is Cl.Cl.Cn1c(N2CC[C@H](O)C2)nc2cc(C(=O)NC3CCNCC3)ccc21. The summed E-state index contributed by atoms with van der Waals surface area (Å²) < 4.78 is 2.03. The molecule has 2 saturated heterocycles. The molecule has 9 heteroatoms. The number of carbonyl (C=O) groups excluding carboxylic acids is 1. The lowest BCUT2D eigenvalue weighted by Gasteiger charge is -2.23. The van der Waals surface area contributed by atoms with Gasteiger partial charge in [0.05, 0.1) is 17.1 Å². The van der Waals surface area contributed by atoms with Crippen LogP contribution >= 0.6 is 24.8 Å². The summed E-state index contributed by atoms with van der Waals surface area (Å²) in [4.78, 5) is 19.3. The van der Waals surface area contributed by atoms with Gasteiger partial charge < -0.3 is 25.2 Å². The molecule has 2 fully saturated rings. The normalized spacial score (nSPS) is 20.2. The molecular weight excluding hydrogens is 389 g/mol. The van der Waals surface area contributed by atoms with Crippen molar-refractivity contribution in [3.05, 3.63) is 23.8 Å². The number of piperidine rings is 1. The summed E-state index contributed by atoms with van der Waals surface area (Å²) in [6, 6.07) is 5.93. The summed E-state index contributed by atoms with van der Waals surface area (Å²) in [7, 11) is 1.98. The molecule has 0 unspecified atom stereocenters. The fraction of sp³-hybridized carbons (Fsp3) is 0.556. The first-order valence-corrected chi connectivity index (χ1v) is 9.03. The van der Waals surface area contributed by atoms with E-state index < -0.39 is 0 Å². The van der Waals surface area contributed by atoms with Crippen molar-refractivity contribution in [2.24, 2.45) is 7.05 Å². The Morgan fingerprint density at radius 1 is 1.26 bits per heavy atom. The van der Waals surface area contributed by atoms with E-state index in [2.05, 4.69) is 15.5 Å². The first kappa shape index (κ1) is 21.8. The number of nitrogens with zero attached hydrogens (tertiary/aromatic N) is 3. The van der Waals surface area contributed by atoms with Crippen molar-refractivity contribution in [3.8, 4) is 0 Å². The van der Waals surface area contributed by atoms with E-state index in [0.717, 1.165) is 55.9 Å². The second-order valence-electron chi connectivity index (χ2n) is 7.06. The minimum atomic E-state index is -0.286. The number of aliphatic hydroxyl groups excluding tert-OH is 1. The molecule has 0 aliphatic carbocycles. The molecule has 1 aromatic carbocycles. The number of aliphatic hydroxyl groups is 1. The Morgan fingerprint density at radius 2 is 2.00 bits per heavy atom. The zero-order valence-corrected chi connectivity index (χ0v) is 17.0. The third-order valence-electron chi connectivity index (χ3n) is 5.24. The van der Waals surface area contributed by atoms with Crippen LogP contribution in [0.4, 0.5) is 5.95 Å². The number of fused-ring (bicyclic) bond motifs is 1. The molecule has 0 spiro atoms. The number of anilines is 1. The maximum Gasteiger partial charge on any atom is 0.251 e. The third kappa shape index (κ3) is 4.48. The van der Waals surface area contributed by atoms with E-state index in [0.29, 0.717) is 12.1 Å². The number of nitrogens with one attached hydrogen (secondary N) is 2. The Balaban J connectivity index is 0.00000131. The van der Waals surface area contributed by atoms with Gasteiger partial charge in [0, 0.05) is 31.7 Å². The van der Waals surface area contributed by atoms with Gasteiger partial charge in [0.2, 0.25) is 5.95 Å². The first-order chi connectivity index (χ1) is 12.1. The van der Waals surface area contributed by atoms with Gasteiger partial charge in [0.1, 0.15) is 0 Å². The van der Waals surface area contributed by atoms with E-state index in [4.69, 9.17) is 4.98 Å². The van der Waals surface area contributed by atoms with E-state index in [1.807, 2.05) is 29.8 Å². The van der Waals surface area contributed by atoms with E-state index in [1.165, 1.54) is 0 Å². The fourth-order valence-corrected chi connectivity index (χ4v) is 3.77. The fourth-order valence-electron chi connectivity index (χ4n) is 3.77. The maximum absolute atomic E-state index is 12.5. The zero-order chi connectivity index (χ0) is 17.4. The molecule has 0 radical (unpaired) electrons.